The highest BCUT2D eigenvalue weighted by molar-refractivity contribution is 7.21. The second kappa shape index (κ2) is 6.08. The zero-order valence-electron chi connectivity index (χ0n) is 11.1. The molecule has 6 heteroatoms. The number of amides is 1. The average molecular weight is 316 g/mol. The van der Waals surface area contributed by atoms with Crippen LogP contribution in [0.4, 0.5) is 4.39 Å². The lowest BCUT2D eigenvalue weighted by Crippen LogP contribution is -2.38. The van der Waals surface area contributed by atoms with E-state index in [0.29, 0.717) is 20.0 Å². The summed E-state index contributed by atoms with van der Waals surface area (Å²) in [4.78, 5) is 12.6. The van der Waals surface area contributed by atoms with Crippen molar-refractivity contribution >= 4 is 38.9 Å². The predicted octanol–water partition coefficient (Wildman–Crippen LogP) is 3.44. The molecule has 0 aliphatic rings. The van der Waals surface area contributed by atoms with Crippen molar-refractivity contribution in [1.29, 1.82) is 0 Å². The lowest BCUT2D eigenvalue weighted by molar-refractivity contribution is 0.0920. The molecule has 1 heterocycles. The number of carbonyl (C=O) groups excluding carboxylic acids is 1. The van der Waals surface area contributed by atoms with Crippen LogP contribution in [0.25, 0.3) is 10.1 Å². The maximum atomic E-state index is 13.2. The van der Waals surface area contributed by atoms with Crippen molar-refractivity contribution in [3.05, 3.63) is 33.9 Å². The summed E-state index contributed by atoms with van der Waals surface area (Å²) < 4.78 is 13.8. The highest BCUT2D eigenvalue weighted by Gasteiger charge is 2.20. The number of aliphatic hydroxyl groups excluding tert-OH is 1. The van der Waals surface area contributed by atoms with Crippen LogP contribution in [0.2, 0.25) is 5.02 Å². The highest BCUT2D eigenvalue weighted by atomic mass is 35.5. The molecular formula is C14H15ClFNO2S. The topological polar surface area (TPSA) is 49.3 Å². The first-order chi connectivity index (χ1) is 9.43. The SMILES string of the molecule is CC(CO)C(C)NC(=O)c1sc2cc(F)ccc2c1Cl. The van der Waals surface area contributed by atoms with Crippen molar-refractivity contribution in [2.45, 2.75) is 19.9 Å². The summed E-state index contributed by atoms with van der Waals surface area (Å²) in [6.45, 7) is 3.65. The van der Waals surface area contributed by atoms with Crippen molar-refractivity contribution in [3.8, 4) is 0 Å². The summed E-state index contributed by atoms with van der Waals surface area (Å²) in [6.07, 6.45) is 0. The normalized spacial score (nSPS) is 14.2. The van der Waals surface area contributed by atoms with Gasteiger partial charge in [-0.2, -0.15) is 0 Å². The molecule has 2 N–H and O–H groups in total. The Balaban J connectivity index is 2.28. The van der Waals surface area contributed by atoms with Crippen LogP contribution in [-0.2, 0) is 0 Å². The number of hydrogen-bond acceptors (Lipinski definition) is 3. The standard InChI is InChI=1S/C14H15ClFNO2S/c1-7(6-18)8(2)17-14(19)13-12(15)10-4-3-9(16)5-11(10)20-13/h3-5,7-8,18H,6H2,1-2H3,(H,17,19). The van der Waals surface area contributed by atoms with Gasteiger partial charge in [-0.05, 0) is 31.0 Å². The van der Waals surface area contributed by atoms with Crippen molar-refractivity contribution in [1.82, 2.24) is 5.32 Å². The minimum atomic E-state index is -0.357. The molecule has 108 valence electrons. The molecule has 0 radical (unpaired) electrons. The van der Waals surface area contributed by atoms with Crippen molar-refractivity contribution < 1.29 is 14.3 Å². The molecule has 20 heavy (non-hydrogen) atoms. The molecule has 1 amide bonds. The Kier molecular flexibility index (Phi) is 4.62. The largest absolute Gasteiger partial charge is 0.396 e. The number of nitrogens with one attached hydrogen (secondary N) is 1. The van der Waals surface area contributed by atoms with Gasteiger partial charge in [0.15, 0.2) is 0 Å². The fraction of sp³-hybridized carbons (Fsp3) is 0.357. The number of hydrogen-bond donors (Lipinski definition) is 2. The molecule has 0 aliphatic heterocycles. The van der Waals surface area contributed by atoms with Crippen LogP contribution in [0.1, 0.15) is 23.5 Å². The minimum Gasteiger partial charge on any atom is -0.396 e. The van der Waals surface area contributed by atoms with Crippen molar-refractivity contribution in [2.75, 3.05) is 6.61 Å². The number of benzene rings is 1. The van der Waals surface area contributed by atoms with Crippen LogP contribution in [0, 0.1) is 11.7 Å². The summed E-state index contributed by atoms with van der Waals surface area (Å²) in [5.74, 6) is -0.710. The van der Waals surface area contributed by atoms with E-state index < -0.39 is 0 Å². The molecule has 2 unspecified atom stereocenters. The van der Waals surface area contributed by atoms with E-state index in [-0.39, 0.29) is 30.3 Å². The lowest BCUT2D eigenvalue weighted by atomic mass is 10.1. The Morgan fingerprint density at radius 3 is 2.85 bits per heavy atom. The summed E-state index contributed by atoms with van der Waals surface area (Å²) in [5, 5.41) is 12.9. The maximum absolute atomic E-state index is 13.2. The van der Waals surface area contributed by atoms with Gasteiger partial charge in [0.1, 0.15) is 10.7 Å². The Labute approximate surface area is 125 Å². The fourth-order valence-electron chi connectivity index (χ4n) is 1.76. The summed E-state index contributed by atoms with van der Waals surface area (Å²) in [7, 11) is 0. The van der Waals surface area contributed by atoms with Gasteiger partial charge in [0, 0.05) is 22.7 Å². The van der Waals surface area contributed by atoms with Gasteiger partial charge >= 0.3 is 0 Å². The number of thiophene rings is 1. The van der Waals surface area contributed by atoms with Crippen molar-refractivity contribution in [2.24, 2.45) is 5.92 Å². The minimum absolute atomic E-state index is 0.00714. The molecule has 2 rings (SSSR count). The van der Waals surface area contributed by atoms with E-state index in [0.717, 1.165) is 11.3 Å². The Bertz CT molecular complexity index is 643. The zero-order chi connectivity index (χ0) is 14.9. The average Bonchev–Trinajstić information content (AvgIpc) is 2.74. The molecule has 0 aliphatic carbocycles. The summed E-state index contributed by atoms with van der Waals surface area (Å²) >= 11 is 7.34. The van der Waals surface area contributed by atoms with Gasteiger partial charge in [-0.3, -0.25) is 4.79 Å². The van der Waals surface area contributed by atoms with Gasteiger partial charge in [-0.1, -0.05) is 18.5 Å². The van der Waals surface area contributed by atoms with Crippen LogP contribution >= 0.6 is 22.9 Å². The molecular weight excluding hydrogens is 301 g/mol. The fourth-order valence-corrected chi connectivity index (χ4v) is 3.20. The molecule has 0 fully saturated rings. The van der Waals surface area contributed by atoms with Crippen molar-refractivity contribution in [3.63, 3.8) is 0 Å². The first kappa shape index (κ1) is 15.2. The van der Waals surface area contributed by atoms with Crippen LogP contribution in [0.5, 0.6) is 0 Å². The first-order valence-electron chi connectivity index (χ1n) is 6.23. The Hall–Kier alpha value is -1.17. The summed E-state index contributed by atoms with van der Waals surface area (Å²) in [5.41, 5.74) is 0. The molecule has 2 aromatic rings. The molecule has 2 atom stereocenters. The third kappa shape index (κ3) is 2.95. The molecule has 0 bridgehead atoms. The second-order valence-electron chi connectivity index (χ2n) is 4.81. The van der Waals surface area contributed by atoms with Gasteiger partial charge in [0.05, 0.1) is 5.02 Å². The highest BCUT2D eigenvalue weighted by Crippen LogP contribution is 2.35. The summed E-state index contributed by atoms with van der Waals surface area (Å²) in [6, 6.07) is 4.08. The predicted molar refractivity (Wildman–Crippen MR) is 80.0 cm³/mol. The lowest BCUT2D eigenvalue weighted by Gasteiger charge is -2.18. The van der Waals surface area contributed by atoms with E-state index in [4.69, 9.17) is 16.7 Å². The van der Waals surface area contributed by atoms with E-state index >= 15 is 0 Å². The van der Waals surface area contributed by atoms with Gasteiger partial charge in [-0.25, -0.2) is 4.39 Å². The van der Waals surface area contributed by atoms with Gasteiger partial charge < -0.3 is 10.4 Å². The van der Waals surface area contributed by atoms with Crippen LogP contribution in [0.15, 0.2) is 18.2 Å². The molecule has 3 nitrogen and oxygen atoms in total. The quantitative estimate of drug-likeness (QED) is 0.908. The third-order valence-corrected chi connectivity index (χ3v) is 4.95. The number of carbonyl (C=O) groups is 1. The molecule has 1 aromatic carbocycles. The van der Waals surface area contributed by atoms with Crippen LogP contribution in [0.3, 0.4) is 0 Å². The number of rotatable bonds is 4. The van der Waals surface area contributed by atoms with E-state index in [1.807, 2.05) is 13.8 Å². The van der Waals surface area contributed by atoms with Crippen LogP contribution in [-0.4, -0.2) is 23.7 Å². The monoisotopic (exact) mass is 315 g/mol. The molecule has 0 saturated heterocycles. The molecule has 0 saturated carbocycles. The number of aliphatic hydroxyl groups is 1. The van der Waals surface area contributed by atoms with Gasteiger partial charge in [0.25, 0.3) is 5.91 Å². The Morgan fingerprint density at radius 2 is 2.20 bits per heavy atom. The first-order valence-corrected chi connectivity index (χ1v) is 7.42. The van der Waals surface area contributed by atoms with E-state index in [9.17, 15) is 9.18 Å². The second-order valence-corrected chi connectivity index (χ2v) is 6.24. The third-order valence-electron chi connectivity index (χ3n) is 3.30. The maximum Gasteiger partial charge on any atom is 0.263 e. The Morgan fingerprint density at radius 1 is 1.50 bits per heavy atom. The number of halogens is 2. The number of fused-ring (bicyclic) bond motifs is 1. The van der Waals surface area contributed by atoms with Gasteiger partial charge in [-0.15, -0.1) is 11.3 Å². The van der Waals surface area contributed by atoms with Crippen LogP contribution < -0.4 is 5.32 Å². The van der Waals surface area contributed by atoms with E-state index in [2.05, 4.69) is 5.32 Å². The molecule has 1 aromatic heterocycles. The zero-order valence-corrected chi connectivity index (χ0v) is 12.7. The van der Waals surface area contributed by atoms with Gasteiger partial charge in [0.2, 0.25) is 0 Å². The molecule has 0 spiro atoms. The van der Waals surface area contributed by atoms with E-state index in [1.54, 1.807) is 6.07 Å². The smallest absolute Gasteiger partial charge is 0.263 e. The van der Waals surface area contributed by atoms with E-state index in [1.165, 1.54) is 12.1 Å².